The van der Waals surface area contributed by atoms with Crippen LogP contribution in [0.5, 0.6) is 0 Å². The summed E-state index contributed by atoms with van der Waals surface area (Å²) in [6, 6.07) is 0. The van der Waals surface area contributed by atoms with Gasteiger partial charge < -0.3 is 10.2 Å². The summed E-state index contributed by atoms with van der Waals surface area (Å²) >= 11 is 7.44. The minimum Gasteiger partial charge on any atom is -0.362 e. The molecule has 1 fully saturated rings. The van der Waals surface area contributed by atoms with Crippen LogP contribution in [-0.4, -0.2) is 40.1 Å². The first-order valence-corrected chi connectivity index (χ1v) is 6.97. The van der Waals surface area contributed by atoms with Crippen LogP contribution in [0.1, 0.15) is 27.7 Å². The number of thiocarbonyl (C=S) groups is 1. The quantitative estimate of drug-likeness (QED) is 0.752. The zero-order valence-corrected chi connectivity index (χ0v) is 11.8. The number of nitrogens with zero attached hydrogens (tertiary/aromatic N) is 1. The Kier molecular flexibility index (Phi) is 4.71. The molecule has 1 saturated heterocycles. The lowest BCUT2D eigenvalue weighted by molar-refractivity contribution is 0.381. The molecule has 0 radical (unpaired) electrons. The zero-order valence-electron chi connectivity index (χ0n) is 10.2. The number of thioether (sulfide) groups is 1. The summed E-state index contributed by atoms with van der Waals surface area (Å²) < 4.78 is 0.335. The van der Waals surface area contributed by atoms with Crippen molar-refractivity contribution in [1.82, 2.24) is 10.2 Å². The molecule has 0 spiro atoms. The van der Waals surface area contributed by atoms with E-state index >= 15 is 0 Å². The summed E-state index contributed by atoms with van der Waals surface area (Å²) in [6.45, 7) is 12.1. The van der Waals surface area contributed by atoms with Crippen LogP contribution in [-0.2, 0) is 0 Å². The largest absolute Gasteiger partial charge is 0.362 e. The summed E-state index contributed by atoms with van der Waals surface area (Å²) in [7, 11) is 0. The van der Waals surface area contributed by atoms with E-state index in [2.05, 4.69) is 37.9 Å². The lowest BCUT2D eigenvalue weighted by Gasteiger charge is -2.39. The molecule has 2 nitrogen and oxygen atoms in total. The number of nitrogens with one attached hydrogen (secondary N) is 1. The first-order chi connectivity index (χ1) is 6.91. The summed E-state index contributed by atoms with van der Waals surface area (Å²) in [5.74, 6) is 1.83. The van der Waals surface area contributed by atoms with Crippen LogP contribution in [0.15, 0.2) is 0 Å². The molecule has 0 aliphatic carbocycles. The topological polar surface area (TPSA) is 15.3 Å². The van der Waals surface area contributed by atoms with E-state index in [9.17, 15) is 0 Å². The van der Waals surface area contributed by atoms with E-state index in [1.54, 1.807) is 0 Å². The molecule has 1 aliphatic rings. The average molecular weight is 246 g/mol. The predicted octanol–water partition coefficient (Wildman–Crippen LogP) is 2.34. The maximum Gasteiger partial charge on any atom is 0.169 e. The summed E-state index contributed by atoms with van der Waals surface area (Å²) in [5, 5.41) is 4.27. The zero-order chi connectivity index (χ0) is 11.5. The highest BCUT2D eigenvalue weighted by Crippen LogP contribution is 2.29. The molecule has 1 aliphatic heterocycles. The average Bonchev–Trinajstić information content (AvgIpc) is 2.12. The fourth-order valence-electron chi connectivity index (χ4n) is 1.59. The molecule has 0 aromatic heterocycles. The Bertz CT molecular complexity index is 227. The lowest BCUT2D eigenvalue weighted by atomic mass is 10.2. The third kappa shape index (κ3) is 4.60. The molecule has 1 rings (SSSR count). The molecule has 1 heterocycles. The van der Waals surface area contributed by atoms with Gasteiger partial charge in [0.25, 0.3) is 0 Å². The van der Waals surface area contributed by atoms with Gasteiger partial charge in [0.2, 0.25) is 0 Å². The van der Waals surface area contributed by atoms with Crippen molar-refractivity contribution in [1.29, 1.82) is 0 Å². The Hall–Kier alpha value is 0.0400. The van der Waals surface area contributed by atoms with Crippen molar-refractivity contribution in [2.45, 2.75) is 32.4 Å². The van der Waals surface area contributed by atoms with Gasteiger partial charge in [-0.25, -0.2) is 0 Å². The molecular formula is C11H22N2S2. The van der Waals surface area contributed by atoms with Gasteiger partial charge in [-0.1, -0.05) is 13.8 Å². The van der Waals surface area contributed by atoms with Gasteiger partial charge in [-0.15, -0.1) is 0 Å². The van der Waals surface area contributed by atoms with Crippen molar-refractivity contribution in [3.63, 3.8) is 0 Å². The third-order valence-corrected chi connectivity index (χ3v) is 4.07. The molecular weight excluding hydrogens is 224 g/mol. The normalized spacial score (nSPS) is 20.5. The van der Waals surface area contributed by atoms with Gasteiger partial charge in [0.15, 0.2) is 5.11 Å². The van der Waals surface area contributed by atoms with Crippen molar-refractivity contribution in [2.24, 2.45) is 5.92 Å². The van der Waals surface area contributed by atoms with Gasteiger partial charge >= 0.3 is 0 Å². The minimum absolute atomic E-state index is 0.335. The summed E-state index contributed by atoms with van der Waals surface area (Å²) in [4.78, 5) is 2.30. The van der Waals surface area contributed by atoms with Crippen molar-refractivity contribution in [3.05, 3.63) is 0 Å². The van der Waals surface area contributed by atoms with Crippen molar-refractivity contribution < 1.29 is 0 Å². The van der Waals surface area contributed by atoms with Crippen LogP contribution < -0.4 is 5.32 Å². The Morgan fingerprint density at radius 3 is 2.73 bits per heavy atom. The smallest absolute Gasteiger partial charge is 0.169 e. The van der Waals surface area contributed by atoms with Crippen LogP contribution in [0.4, 0.5) is 0 Å². The van der Waals surface area contributed by atoms with Crippen LogP contribution in [0.3, 0.4) is 0 Å². The molecule has 0 bridgehead atoms. The Morgan fingerprint density at radius 1 is 1.53 bits per heavy atom. The SMILES string of the molecule is CC(C)CNC(=S)N1CCSC(C)(C)C1. The van der Waals surface area contributed by atoms with E-state index in [-0.39, 0.29) is 0 Å². The first-order valence-electron chi connectivity index (χ1n) is 5.57. The van der Waals surface area contributed by atoms with Gasteiger partial charge in [-0.05, 0) is 32.0 Å². The fourth-order valence-corrected chi connectivity index (χ4v) is 2.94. The predicted molar refractivity (Wildman–Crippen MR) is 73.5 cm³/mol. The molecule has 0 amide bonds. The third-order valence-electron chi connectivity index (χ3n) is 2.37. The summed E-state index contributed by atoms with van der Waals surface area (Å²) in [6.07, 6.45) is 0. The van der Waals surface area contributed by atoms with E-state index in [1.807, 2.05) is 11.8 Å². The molecule has 0 aromatic rings. The Labute approximate surface area is 103 Å². The number of hydrogen-bond acceptors (Lipinski definition) is 2. The lowest BCUT2D eigenvalue weighted by Crippen LogP contribution is -2.50. The second kappa shape index (κ2) is 5.39. The van der Waals surface area contributed by atoms with Gasteiger partial charge in [0.05, 0.1) is 0 Å². The van der Waals surface area contributed by atoms with E-state index in [1.165, 1.54) is 5.75 Å². The molecule has 4 heteroatoms. The fraction of sp³-hybridized carbons (Fsp3) is 0.909. The first kappa shape index (κ1) is 13.1. The number of hydrogen-bond donors (Lipinski definition) is 1. The molecule has 15 heavy (non-hydrogen) atoms. The van der Waals surface area contributed by atoms with E-state index in [0.29, 0.717) is 10.7 Å². The van der Waals surface area contributed by atoms with E-state index in [4.69, 9.17) is 12.2 Å². The molecule has 1 N–H and O–H groups in total. The van der Waals surface area contributed by atoms with Gasteiger partial charge in [0.1, 0.15) is 0 Å². The maximum atomic E-state index is 5.40. The van der Waals surface area contributed by atoms with Gasteiger partial charge in [0, 0.05) is 30.1 Å². The highest BCUT2D eigenvalue weighted by atomic mass is 32.2. The van der Waals surface area contributed by atoms with Crippen molar-refractivity contribution >= 4 is 29.1 Å². The maximum absolute atomic E-state index is 5.40. The Morgan fingerprint density at radius 2 is 2.20 bits per heavy atom. The van der Waals surface area contributed by atoms with Crippen molar-refractivity contribution in [2.75, 3.05) is 25.4 Å². The molecule has 88 valence electrons. The standard InChI is InChI=1S/C11H22N2S2/c1-9(2)7-12-10(14)13-5-6-15-11(3,4)8-13/h9H,5-8H2,1-4H3,(H,12,14). The monoisotopic (exact) mass is 246 g/mol. The highest BCUT2D eigenvalue weighted by molar-refractivity contribution is 8.00. The van der Waals surface area contributed by atoms with Crippen molar-refractivity contribution in [3.8, 4) is 0 Å². The van der Waals surface area contributed by atoms with Crippen LogP contribution >= 0.6 is 24.0 Å². The molecule has 0 saturated carbocycles. The van der Waals surface area contributed by atoms with Crippen LogP contribution in [0, 0.1) is 5.92 Å². The van der Waals surface area contributed by atoms with Gasteiger partial charge in [-0.3, -0.25) is 0 Å². The van der Waals surface area contributed by atoms with Crippen LogP contribution in [0.2, 0.25) is 0 Å². The second-order valence-electron chi connectivity index (χ2n) is 5.11. The molecule has 0 aromatic carbocycles. The second-order valence-corrected chi connectivity index (χ2v) is 7.30. The minimum atomic E-state index is 0.335. The summed E-state index contributed by atoms with van der Waals surface area (Å²) in [5.41, 5.74) is 0. The van der Waals surface area contributed by atoms with Gasteiger partial charge in [-0.2, -0.15) is 11.8 Å². The van der Waals surface area contributed by atoms with Crippen LogP contribution in [0.25, 0.3) is 0 Å². The Balaban J connectivity index is 2.39. The molecule has 0 atom stereocenters. The van der Waals surface area contributed by atoms with E-state index < -0.39 is 0 Å². The van der Waals surface area contributed by atoms with E-state index in [0.717, 1.165) is 24.7 Å². The highest BCUT2D eigenvalue weighted by Gasteiger charge is 2.28. The molecule has 0 unspecified atom stereocenters. The number of rotatable bonds is 2.